The molecule has 2 fully saturated rings. The summed E-state index contributed by atoms with van der Waals surface area (Å²) in [6.07, 6.45) is 7.68. The number of ether oxygens (including phenoxy) is 1. The Balaban J connectivity index is 1.28. The molecule has 0 aliphatic carbocycles. The summed E-state index contributed by atoms with van der Waals surface area (Å²) < 4.78 is 10.7. The molecule has 2 saturated heterocycles. The molecule has 0 aromatic carbocycles. The van der Waals surface area contributed by atoms with Crippen molar-refractivity contribution in [1.82, 2.24) is 20.4 Å². The van der Waals surface area contributed by atoms with E-state index in [0.29, 0.717) is 18.3 Å². The molecular weight excluding hydrogens is 344 g/mol. The van der Waals surface area contributed by atoms with Gasteiger partial charge in [-0.25, -0.2) is 0 Å². The number of nitrogens with one attached hydrogen (secondary N) is 1. The highest BCUT2D eigenvalue weighted by molar-refractivity contribution is 5.91. The molecule has 1 atom stereocenters. The Kier molecular flexibility index (Phi) is 5.79. The molecule has 0 spiro atoms. The monoisotopic (exact) mass is 370 g/mol. The number of pyridine rings is 1. The van der Waals surface area contributed by atoms with E-state index in [-0.39, 0.29) is 11.9 Å². The van der Waals surface area contributed by atoms with Crippen molar-refractivity contribution >= 4 is 5.91 Å². The van der Waals surface area contributed by atoms with Gasteiger partial charge in [-0.05, 0) is 50.4 Å². The summed E-state index contributed by atoms with van der Waals surface area (Å²) in [6.45, 7) is 4.29. The van der Waals surface area contributed by atoms with Gasteiger partial charge in [-0.2, -0.15) is 0 Å². The topological polar surface area (TPSA) is 80.5 Å². The molecule has 2 aromatic rings. The third kappa shape index (κ3) is 4.73. The van der Waals surface area contributed by atoms with Crippen LogP contribution < -0.4 is 5.32 Å². The highest BCUT2D eigenvalue weighted by Crippen LogP contribution is 2.28. The van der Waals surface area contributed by atoms with Gasteiger partial charge in [-0.1, -0.05) is 11.2 Å². The number of carbonyl (C=O) groups is 1. The molecule has 4 heterocycles. The largest absolute Gasteiger partial charge is 0.379 e. The van der Waals surface area contributed by atoms with Crippen molar-refractivity contribution in [1.29, 1.82) is 0 Å². The first-order valence-electron chi connectivity index (χ1n) is 9.74. The third-order valence-electron chi connectivity index (χ3n) is 5.38. The Morgan fingerprint density at radius 2 is 2.19 bits per heavy atom. The van der Waals surface area contributed by atoms with E-state index in [9.17, 15) is 4.79 Å². The van der Waals surface area contributed by atoms with Crippen LogP contribution in [0.4, 0.5) is 0 Å². The molecule has 7 nitrogen and oxygen atoms in total. The lowest BCUT2D eigenvalue weighted by Crippen LogP contribution is -2.40. The molecule has 2 aliphatic heterocycles. The molecule has 2 aromatic heterocycles. The van der Waals surface area contributed by atoms with E-state index >= 15 is 0 Å². The minimum Gasteiger partial charge on any atom is -0.379 e. The molecule has 0 unspecified atom stereocenters. The van der Waals surface area contributed by atoms with Crippen LogP contribution in [0.25, 0.3) is 0 Å². The van der Waals surface area contributed by atoms with Gasteiger partial charge < -0.3 is 14.6 Å². The van der Waals surface area contributed by atoms with Crippen molar-refractivity contribution < 1.29 is 14.1 Å². The van der Waals surface area contributed by atoms with Gasteiger partial charge in [-0.3, -0.25) is 14.7 Å². The van der Waals surface area contributed by atoms with Crippen molar-refractivity contribution in [3.63, 3.8) is 0 Å². The van der Waals surface area contributed by atoms with Crippen LogP contribution in [0.3, 0.4) is 0 Å². The summed E-state index contributed by atoms with van der Waals surface area (Å²) in [5.74, 6) is 0.449. The summed E-state index contributed by atoms with van der Waals surface area (Å²) in [6, 6.07) is 5.96. The van der Waals surface area contributed by atoms with Crippen molar-refractivity contribution in [2.75, 3.05) is 26.3 Å². The van der Waals surface area contributed by atoms with Gasteiger partial charge >= 0.3 is 0 Å². The summed E-state index contributed by atoms with van der Waals surface area (Å²) in [7, 11) is 0. The lowest BCUT2D eigenvalue weighted by molar-refractivity contribution is 0.0608. The summed E-state index contributed by atoms with van der Waals surface area (Å²) in [5.41, 5.74) is 2.13. The second-order valence-electron chi connectivity index (χ2n) is 7.42. The van der Waals surface area contributed by atoms with Crippen LogP contribution in [-0.4, -0.2) is 53.3 Å². The van der Waals surface area contributed by atoms with Crippen molar-refractivity contribution in [2.24, 2.45) is 0 Å². The molecule has 0 radical (unpaired) electrons. The maximum Gasteiger partial charge on any atom is 0.290 e. The molecule has 4 rings (SSSR count). The minimum atomic E-state index is -0.196. The third-order valence-corrected chi connectivity index (χ3v) is 5.38. The zero-order valence-corrected chi connectivity index (χ0v) is 15.5. The van der Waals surface area contributed by atoms with Crippen LogP contribution in [0.2, 0.25) is 0 Å². The van der Waals surface area contributed by atoms with E-state index in [2.05, 4.69) is 26.4 Å². The average molecular weight is 370 g/mol. The lowest BCUT2D eigenvalue weighted by atomic mass is 9.93. The van der Waals surface area contributed by atoms with E-state index < -0.39 is 0 Å². The smallest absolute Gasteiger partial charge is 0.290 e. The Hall–Kier alpha value is -2.25. The van der Waals surface area contributed by atoms with Crippen LogP contribution in [0.1, 0.15) is 53.4 Å². The maximum atomic E-state index is 12.3. The van der Waals surface area contributed by atoms with E-state index in [0.717, 1.165) is 57.6 Å². The van der Waals surface area contributed by atoms with E-state index in [1.54, 1.807) is 12.3 Å². The zero-order chi connectivity index (χ0) is 18.5. The normalized spacial score (nSPS) is 21.9. The van der Waals surface area contributed by atoms with Crippen LogP contribution >= 0.6 is 0 Å². The molecule has 27 heavy (non-hydrogen) atoms. The number of piperidine rings is 1. The zero-order valence-electron chi connectivity index (χ0n) is 15.5. The van der Waals surface area contributed by atoms with Gasteiger partial charge in [-0.15, -0.1) is 0 Å². The highest BCUT2D eigenvalue weighted by Gasteiger charge is 2.26. The molecular formula is C20H26N4O3. The highest BCUT2D eigenvalue weighted by atomic mass is 16.5. The maximum absolute atomic E-state index is 12.3. The number of hydrogen-bond acceptors (Lipinski definition) is 6. The Labute approximate surface area is 159 Å². The fourth-order valence-electron chi connectivity index (χ4n) is 3.84. The predicted molar refractivity (Wildman–Crippen MR) is 99.3 cm³/mol. The van der Waals surface area contributed by atoms with Gasteiger partial charge in [0.25, 0.3) is 5.91 Å². The molecule has 144 valence electrons. The van der Waals surface area contributed by atoms with Gasteiger partial charge in [0.1, 0.15) is 0 Å². The standard InChI is InChI=1S/C20H26N4O3/c25-20(22-17-4-2-10-26-14-17)19-11-18(23-27-19)16-5-8-24(9-6-16)13-15-3-1-7-21-12-15/h1,3,7,11-12,16-17H,2,4-6,8-10,13-14H2,(H,22,25)/t17-/m1/s1. The number of carbonyl (C=O) groups excluding carboxylic acids is 1. The predicted octanol–water partition coefficient (Wildman–Crippen LogP) is 2.36. The second kappa shape index (κ2) is 8.63. The van der Waals surface area contributed by atoms with Gasteiger partial charge in [0, 0.05) is 37.5 Å². The van der Waals surface area contributed by atoms with Gasteiger partial charge in [0.05, 0.1) is 18.3 Å². The van der Waals surface area contributed by atoms with E-state index in [1.807, 2.05) is 12.3 Å². The minimum absolute atomic E-state index is 0.0653. The first-order valence-corrected chi connectivity index (χ1v) is 9.74. The molecule has 0 bridgehead atoms. The summed E-state index contributed by atoms with van der Waals surface area (Å²) in [4.78, 5) is 19.0. The van der Waals surface area contributed by atoms with Crippen molar-refractivity contribution in [3.05, 3.63) is 47.6 Å². The molecule has 1 N–H and O–H groups in total. The van der Waals surface area contributed by atoms with E-state index in [1.165, 1.54) is 5.56 Å². The quantitative estimate of drug-likeness (QED) is 0.870. The fraction of sp³-hybridized carbons (Fsp3) is 0.550. The number of aromatic nitrogens is 2. The Morgan fingerprint density at radius 1 is 1.30 bits per heavy atom. The number of hydrogen-bond donors (Lipinski definition) is 1. The van der Waals surface area contributed by atoms with Crippen LogP contribution in [0.5, 0.6) is 0 Å². The van der Waals surface area contributed by atoms with Gasteiger partial charge in [0.2, 0.25) is 5.76 Å². The molecule has 1 amide bonds. The first-order chi connectivity index (χ1) is 13.3. The summed E-state index contributed by atoms with van der Waals surface area (Å²) in [5, 5.41) is 7.14. The van der Waals surface area contributed by atoms with Crippen molar-refractivity contribution in [3.8, 4) is 0 Å². The fourth-order valence-corrected chi connectivity index (χ4v) is 3.84. The molecule has 7 heteroatoms. The number of rotatable bonds is 5. The number of likely N-dealkylation sites (tertiary alicyclic amines) is 1. The van der Waals surface area contributed by atoms with Crippen LogP contribution in [0, 0.1) is 0 Å². The van der Waals surface area contributed by atoms with Gasteiger partial charge in [0.15, 0.2) is 0 Å². The number of amides is 1. The SMILES string of the molecule is O=C(N[C@@H]1CCCOC1)c1cc(C2CCN(Cc3cccnc3)CC2)no1. The van der Waals surface area contributed by atoms with Crippen molar-refractivity contribution in [2.45, 2.75) is 44.2 Å². The average Bonchev–Trinajstić information content (AvgIpc) is 3.21. The molecule has 2 aliphatic rings. The molecule has 0 saturated carbocycles. The van der Waals surface area contributed by atoms with Crippen LogP contribution in [-0.2, 0) is 11.3 Å². The number of nitrogens with zero attached hydrogens (tertiary/aromatic N) is 3. The first kappa shape index (κ1) is 18.1. The summed E-state index contributed by atoms with van der Waals surface area (Å²) >= 11 is 0. The lowest BCUT2D eigenvalue weighted by Gasteiger charge is -2.30. The van der Waals surface area contributed by atoms with E-state index in [4.69, 9.17) is 9.26 Å². The van der Waals surface area contributed by atoms with Crippen LogP contribution in [0.15, 0.2) is 35.1 Å². The second-order valence-corrected chi connectivity index (χ2v) is 7.42. The Morgan fingerprint density at radius 3 is 2.93 bits per heavy atom. The Bertz CT molecular complexity index is 735.